The minimum atomic E-state index is -0.196. The SMILES string of the molecule is CC(C)c1[nH]nc2c(=O)[nH]c(Cc3cccc4ccccc34)nc12. The van der Waals surface area contributed by atoms with Crippen molar-refractivity contribution in [3.63, 3.8) is 0 Å². The summed E-state index contributed by atoms with van der Waals surface area (Å²) in [5, 5.41) is 9.41. The molecule has 4 rings (SSSR count). The normalized spacial score (nSPS) is 11.6. The van der Waals surface area contributed by atoms with Crippen LogP contribution in [0, 0.1) is 0 Å². The zero-order valence-corrected chi connectivity index (χ0v) is 13.6. The van der Waals surface area contributed by atoms with E-state index in [0.29, 0.717) is 23.3 Å². The summed E-state index contributed by atoms with van der Waals surface area (Å²) in [5.74, 6) is 0.891. The molecular formula is C19H18N4O. The third kappa shape index (κ3) is 2.38. The molecule has 0 saturated carbocycles. The number of H-pyrrole nitrogens is 2. The van der Waals surface area contributed by atoms with Crippen molar-refractivity contribution in [1.82, 2.24) is 20.2 Å². The number of aromatic amines is 2. The number of nitrogens with zero attached hydrogens (tertiary/aromatic N) is 2. The lowest BCUT2D eigenvalue weighted by Gasteiger charge is -2.07. The molecule has 2 aromatic carbocycles. The van der Waals surface area contributed by atoms with E-state index in [-0.39, 0.29) is 11.5 Å². The molecule has 0 aliphatic heterocycles. The van der Waals surface area contributed by atoms with Gasteiger partial charge in [0, 0.05) is 6.42 Å². The van der Waals surface area contributed by atoms with Crippen LogP contribution in [0.4, 0.5) is 0 Å². The Morgan fingerprint density at radius 2 is 1.83 bits per heavy atom. The van der Waals surface area contributed by atoms with Crippen LogP contribution in [-0.4, -0.2) is 20.2 Å². The Morgan fingerprint density at radius 3 is 2.67 bits per heavy atom. The highest BCUT2D eigenvalue weighted by Gasteiger charge is 2.15. The quantitative estimate of drug-likeness (QED) is 0.607. The van der Waals surface area contributed by atoms with Gasteiger partial charge in [-0.15, -0.1) is 0 Å². The van der Waals surface area contributed by atoms with Gasteiger partial charge in [-0.05, 0) is 22.3 Å². The summed E-state index contributed by atoms with van der Waals surface area (Å²) in [6.07, 6.45) is 0.579. The number of fused-ring (bicyclic) bond motifs is 2. The summed E-state index contributed by atoms with van der Waals surface area (Å²) in [6.45, 7) is 4.11. The molecule has 0 spiro atoms. The highest BCUT2D eigenvalue weighted by molar-refractivity contribution is 5.86. The molecule has 2 heterocycles. The van der Waals surface area contributed by atoms with Crippen molar-refractivity contribution in [1.29, 1.82) is 0 Å². The zero-order chi connectivity index (χ0) is 16.7. The highest BCUT2D eigenvalue weighted by Crippen LogP contribution is 2.22. The Kier molecular flexibility index (Phi) is 3.41. The highest BCUT2D eigenvalue weighted by atomic mass is 16.1. The molecule has 5 heteroatoms. The topological polar surface area (TPSA) is 74.4 Å². The maximum Gasteiger partial charge on any atom is 0.279 e. The van der Waals surface area contributed by atoms with Crippen molar-refractivity contribution in [3.8, 4) is 0 Å². The maximum atomic E-state index is 12.3. The second kappa shape index (κ2) is 5.60. The van der Waals surface area contributed by atoms with Crippen LogP contribution >= 0.6 is 0 Å². The molecule has 120 valence electrons. The molecule has 2 N–H and O–H groups in total. The first-order chi connectivity index (χ1) is 11.6. The van der Waals surface area contributed by atoms with Gasteiger partial charge in [-0.2, -0.15) is 5.10 Å². The van der Waals surface area contributed by atoms with Crippen molar-refractivity contribution >= 4 is 21.8 Å². The molecule has 2 aromatic heterocycles. The van der Waals surface area contributed by atoms with E-state index in [9.17, 15) is 4.79 Å². The van der Waals surface area contributed by atoms with Crippen LogP contribution in [0.5, 0.6) is 0 Å². The molecule has 0 amide bonds. The number of hydrogen-bond acceptors (Lipinski definition) is 3. The molecule has 0 atom stereocenters. The molecule has 0 fully saturated rings. The van der Waals surface area contributed by atoms with Gasteiger partial charge in [0.15, 0.2) is 5.52 Å². The molecule has 4 aromatic rings. The minimum Gasteiger partial charge on any atom is -0.308 e. The predicted molar refractivity (Wildman–Crippen MR) is 95.4 cm³/mol. The Morgan fingerprint density at radius 1 is 1.04 bits per heavy atom. The fourth-order valence-electron chi connectivity index (χ4n) is 3.09. The summed E-state index contributed by atoms with van der Waals surface area (Å²) >= 11 is 0. The van der Waals surface area contributed by atoms with Gasteiger partial charge in [-0.3, -0.25) is 9.89 Å². The van der Waals surface area contributed by atoms with Crippen molar-refractivity contribution in [3.05, 3.63) is 69.9 Å². The lowest BCUT2D eigenvalue weighted by Crippen LogP contribution is -2.12. The van der Waals surface area contributed by atoms with Crippen LogP contribution in [0.1, 0.15) is 36.8 Å². The summed E-state index contributed by atoms with van der Waals surface area (Å²) < 4.78 is 0. The average Bonchev–Trinajstić information content (AvgIpc) is 3.00. The smallest absolute Gasteiger partial charge is 0.279 e. The van der Waals surface area contributed by atoms with Gasteiger partial charge in [-0.25, -0.2) is 4.98 Å². The number of hydrogen-bond donors (Lipinski definition) is 2. The van der Waals surface area contributed by atoms with Crippen molar-refractivity contribution < 1.29 is 0 Å². The van der Waals surface area contributed by atoms with Crippen molar-refractivity contribution in [2.75, 3.05) is 0 Å². The molecular weight excluding hydrogens is 300 g/mol. The van der Waals surface area contributed by atoms with Crippen LogP contribution in [0.2, 0.25) is 0 Å². The van der Waals surface area contributed by atoms with Gasteiger partial charge in [-0.1, -0.05) is 56.3 Å². The third-order valence-electron chi connectivity index (χ3n) is 4.30. The van der Waals surface area contributed by atoms with Gasteiger partial charge in [0.2, 0.25) is 0 Å². The van der Waals surface area contributed by atoms with Crippen molar-refractivity contribution in [2.45, 2.75) is 26.2 Å². The molecule has 0 aliphatic rings. The molecule has 5 nitrogen and oxygen atoms in total. The summed E-state index contributed by atoms with van der Waals surface area (Å²) in [6, 6.07) is 14.4. The van der Waals surface area contributed by atoms with Gasteiger partial charge in [0.05, 0.1) is 5.69 Å². The lowest BCUT2D eigenvalue weighted by molar-refractivity contribution is 0.814. The first-order valence-electron chi connectivity index (χ1n) is 8.07. The van der Waals surface area contributed by atoms with E-state index >= 15 is 0 Å². The minimum absolute atomic E-state index is 0.196. The number of benzene rings is 2. The van der Waals surface area contributed by atoms with E-state index in [0.717, 1.165) is 11.3 Å². The molecule has 0 saturated heterocycles. The Balaban J connectivity index is 1.84. The summed E-state index contributed by atoms with van der Waals surface area (Å²) in [4.78, 5) is 19.8. The predicted octanol–water partition coefficient (Wildman–Crippen LogP) is 3.51. The van der Waals surface area contributed by atoms with Crippen LogP contribution in [0.3, 0.4) is 0 Å². The van der Waals surface area contributed by atoms with Gasteiger partial charge < -0.3 is 4.98 Å². The van der Waals surface area contributed by atoms with E-state index in [2.05, 4.69) is 58.3 Å². The molecule has 0 aliphatic carbocycles. The molecule has 24 heavy (non-hydrogen) atoms. The van der Waals surface area contributed by atoms with E-state index in [1.54, 1.807) is 0 Å². The fourth-order valence-corrected chi connectivity index (χ4v) is 3.09. The van der Waals surface area contributed by atoms with Crippen LogP contribution in [0.25, 0.3) is 21.8 Å². The molecule has 0 bridgehead atoms. The van der Waals surface area contributed by atoms with Gasteiger partial charge in [0.25, 0.3) is 5.56 Å². The second-order valence-corrected chi connectivity index (χ2v) is 6.32. The Bertz CT molecular complexity index is 1090. The maximum absolute atomic E-state index is 12.3. The van der Waals surface area contributed by atoms with Crippen LogP contribution < -0.4 is 5.56 Å². The van der Waals surface area contributed by atoms with Gasteiger partial charge >= 0.3 is 0 Å². The zero-order valence-electron chi connectivity index (χ0n) is 13.6. The van der Waals surface area contributed by atoms with E-state index in [4.69, 9.17) is 0 Å². The second-order valence-electron chi connectivity index (χ2n) is 6.32. The Hall–Kier alpha value is -2.95. The summed E-state index contributed by atoms with van der Waals surface area (Å²) in [7, 11) is 0. The Labute approximate surface area is 138 Å². The van der Waals surface area contributed by atoms with Gasteiger partial charge in [0.1, 0.15) is 11.3 Å². The van der Waals surface area contributed by atoms with Crippen molar-refractivity contribution in [2.24, 2.45) is 0 Å². The van der Waals surface area contributed by atoms with E-state index in [1.165, 1.54) is 10.8 Å². The number of rotatable bonds is 3. The monoisotopic (exact) mass is 318 g/mol. The van der Waals surface area contributed by atoms with E-state index in [1.807, 2.05) is 18.2 Å². The number of aromatic nitrogens is 4. The van der Waals surface area contributed by atoms with Crippen LogP contribution in [-0.2, 0) is 6.42 Å². The third-order valence-corrected chi connectivity index (χ3v) is 4.30. The van der Waals surface area contributed by atoms with E-state index < -0.39 is 0 Å². The average molecular weight is 318 g/mol. The largest absolute Gasteiger partial charge is 0.308 e. The summed E-state index contributed by atoms with van der Waals surface area (Å²) in [5.41, 5.74) is 2.89. The standard InChI is InChI=1S/C19H18N4O/c1-11(2)16-17-18(23-22-16)19(24)21-15(20-17)10-13-8-5-7-12-6-3-4-9-14(12)13/h3-9,11H,10H2,1-2H3,(H,22,23)(H,20,21,24). The fraction of sp³-hybridized carbons (Fsp3) is 0.211. The molecule has 0 radical (unpaired) electrons. The first kappa shape index (κ1) is 14.6. The molecule has 0 unspecified atom stereocenters. The lowest BCUT2D eigenvalue weighted by atomic mass is 10.0. The number of nitrogens with one attached hydrogen (secondary N) is 2. The van der Waals surface area contributed by atoms with Crippen LogP contribution in [0.15, 0.2) is 47.3 Å². The first-order valence-corrected chi connectivity index (χ1v) is 8.07.